The molecule has 1 N–H and O–H groups in total. The van der Waals surface area contributed by atoms with E-state index in [0.717, 1.165) is 0 Å². The molecule has 0 fully saturated rings. The van der Waals surface area contributed by atoms with E-state index >= 15 is 0 Å². The number of nitrogens with one attached hydrogen (secondary N) is 1. The number of carbonyl (C=O) groups is 2. The fraction of sp³-hybridized carbons (Fsp3) is 0.0667. The van der Waals surface area contributed by atoms with Gasteiger partial charge in [0.25, 0.3) is 0 Å². The van der Waals surface area contributed by atoms with Gasteiger partial charge in [0.1, 0.15) is 5.75 Å². The molecule has 0 atom stereocenters. The van der Waals surface area contributed by atoms with Crippen LogP contribution in [-0.4, -0.2) is 11.9 Å². The molecule has 2 aromatic rings. The predicted molar refractivity (Wildman–Crippen MR) is 82.2 cm³/mol. The SMILES string of the molecule is CC(=O)Nc1ccc(C(=O)Oc2ccc(Cl)cc2Cl)cc1. The molecule has 0 aromatic heterocycles. The fourth-order valence-corrected chi connectivity index (χ4v) is 2.06. The Morgan fingerprint density at radius 1 is 1.05 bits per heavy atom. The maximum Gasteiger partial charge on any atom is 0.343 e. The number of anilines is 1. The Labute approximate surface area is 131 Å². The third-order valence-electron chi connectivity index (χ3n) is 2.54. The number of benzene rings is 2. The highest BCUT2D eigenvalue weighted by molar-refractivity contribution is 6.35. The van der Waals surface area contributed by atoms with Crippen molar-refractivity contribution in [3.63, 3.8) is 0 Å². The van der Waals surface area contributed by atoms with E-state index in [9.17, 15) is 9.59 Å². The van der Waals surface area contributed by atoms with Crippen LogP contribution in [0.5, 0.6) is 5.75 Å². The molecule has 2 rings (SSSR count). The molecule has 0 radical (unpaired) electrons. The lowest BCUT2D eigenvalue weighted by Crippen LogP contribution is -2.10. The first-order valence-corrected chi connectivity index (χ1v) is 6.76. The molecule has 1 amide bonds. The Morgan fingerprint density at radius 3 is 2.29 bits per heavy atom. The molecule has 21 heavy (non-hydrogen) atoms. The number of hydrogen-bond donors (Lipinski definition) is 1. The molecule has 0 aliphatic carbocycles. The molecule has 108 valence electrons. The summed E-state index contributed by atoms with van der Waals surface area (Å²) in [6.07, 6.45) is 0. The van der Waals surface area contributed by atoms with Gasteiger partial charge >= 0.3 is 5.97 Å². The molecule has 2 aromatic carbocycles. The van der Waals surface area contributed by atoms with E-state index in [2.05, 4.69) is 5.32 Å². The molecule has 0 bridgehead atoms. The zero-order chi connectivity index (χ0) is 15.4. The van der Waals surface area contributed by atoms with Crippen LogP contribution in [0.1, 0.15) is 17.3 Å². The minimum Gasteiger partial charge on any atom is -0.421 e. The molecular weight excluding hydrogens is 313 g/mol. The molecule has 0 saturated carbocycles. The van der Waals surface area contributed by atoms with Crippen molar-refractivity contribution in [3.05, 3.63) is 58.1 Å². The number of rotatable bonds is 3. The van der Waals surface area contributed by atoms with Crippen LogP contribution < -0.4 is 10.1 Å². The zero-order valence-electron chi connectivity index (χ0n) is 11.0. The Hall–Kier alpha value is -2.04. The third kappa shape index (κ3) is 4.21. The van der Waals surface area contributed by atoms with Gasteiger partial charge in [-0.05, 0) is 42.5 Å². The van der Waals surface area contributed by atoms with Gasteiger partial charge in [-0.25, -0.2) is 4.79 Å². The van der Waals surface area contributed by atoms with Gasteiger partial charge in [-0.15, -0.1) is 0 Å². The van der Waals surface area contributed by atoms with Gasteiger partial charge in [0.15, 0.2) is 0 Å². The molecule has 4 nitrogen and oxygen atoms in total. The van der Waals surface area contributed by atoms with E-state index in [1.807, 2.05) is 0 Å². The van der Waals surface area contributed by atoms with Crippen LogP contribution in [0.25, 0.3) is 0 Å². The Bertz CT molecular complexity index is 684. The van der Waals surface area contributed by atoms with Crippen molar-refractivity contribution >= 4 is 40.8 Å². The Kier molecular flexibility index (Phi) is 4.83. The lowest BCUT2D eigenvalue weighted by molar-refractivity contribution is -0.114. The number of esters is 1. The van der Waals surface area contributed by atoms with Crippen molar-refractivity contribution in [3.8, 4) is 5.75 Å². The van der Waals surface area contributed by atoms with Gasteiger partial charge in [0, 0.05) is 17.6 Å². The van der Waals surface area contributed by atoms with Crippen molar-refractivity contribution in [2.45, 2.75) is 6.92 Å². The smallest absolute Gasteiger partial charge is 0.343 e. The Morgan fingerprint density at radius 2 is 1.71 bits per heavy atom. The number of amides is 1. The maximum atomic E-state index is 12.0. The number of hydrogen-bond acceptors (Lipinski definition) is 3. The monoisotopic (exact) mass is 323 g/mol. The summed E-state index contributed by atoms with van der Waals surface area (Å²) in [6, 6.07) is 10.9. The second kappa shape index (κ2) is 6.61. The summed E-state index contributed by atoms with van der Waals surface area (Å²) < 4.78 is 5.19. The van der Waals surface area contributed by atoms with Crippen LogP contribution in [-0.2, 0) is 4.79 Å². The summed E-state index contributed by atoms with van der Waals surface area (Å²) in [4.78, 5) is 22.9. The first kappa shape index (κ1) is 15.4. The predicted octanol–water partition coefficient (Wildman–Crippen LogP) is 4.17. The zero-order valence-corrected chi connectivity index (χ0v) is 12.5. The average molecular weight is 324 g/mol. The van der Waals surface area contributed by atoms with Gasteiger partial charge in [-0.2, -0.15) is 0 Å². The molecular formula is C15H11Cl2NO3. The number of halogens is 2. The standard InChI is InChI=1S/C15H11Cl2NO3/c1-9(19)18-12-5-2-10(3-6-12)15(20)21-14-7-4-11(16)8-13(14)17/h2-8H,1H3,(H,18,19). The summed E-state index contributed by atoms with van der Waals surface area (Å²) in [5.41, 5.74) is 0.943. The van der Waals surface area contributed by atoms with E-state index in [1.165, 1.54) is 19.1 Å². The van der Waals surface area contributed by atoms with Gasteiger partial charge in [-0.3, -0.25) is 4.79 Å². The van der Waals surface area contributed by atoms with Crippen LogP contribution in [0.2, 0.25) is 10.0 Å². The van der Waals surface area contributed by atoms with Crippen molar-refractivity contribution in [1.82, 2.24) is 0 Å². The summed E-state index contributed by atoms with van der Waals surface area (Å²) in [7, 11) is 0. The maximum absolute atomic E-state index is 12.0. The van der Waals surface area contributed by atoms with E-state index in [4.69, 9.17) is 27.9 Å². The first-order chi connectivity index (χ1) is 9.95. The topological polar surface area (TPSA) is 55.4 Å². The fourth-order valence-electron chi connectivity index (χ4n) is 1.61. The van der Waals surface area contributed by atoms with Gasteiger partial charge in [0.2, 0.25) is 5.91 Å². The van der Waals surface area contributed by atoms with E-state index in [0.29, 0.717) is 16.3 Å². The van der Waals surface area contributed by atoms with Crippen LogP contribution in [0.15, 0.2) is 42.5 Å². The van der Waals surface area contributed by atoms with Crippen LogP contribution >= 0.6 is 23.2 Å². The molecule has 0 spiro atoms. The quantitative estimate of drug-likeness (QED) is 0.681. The van der Waals surface area contributed by atoms with E-state index in [-0.39, 0.29) is 16.7 Å². The summed E-state index contributed by atoms with van der Waals surface area (Å²) in [6.45, 7) is 1.41. The van der Waals surface area contributed by atoms with Crippen molar-refractivity contribution in [2.75, 3.05) is 5.32 Å². The van der Waals surface area contributed by atoms with Gasteiger partial charge in [-0.1, -0.05) is 23.2 Å². The summed E-state index contributed by atoms with van der Waals surface area (Å²) in [5, 5.41) is 3.32. The number of carbonyl (C=O) groups excluding carboxylic acids is 2. The van der Waals surface area contributed by atoms with Crippen molar-refractivity contribution < 1.29 is 14.3 Å². The van der Waals surface area contributed by atoms with Crippen molar-refractivity contribution in [1.29, 1.82) is 0 Å². The third-order valence-corrected chi connectivity index (χ3v) is 3.07. The lowest BCUT2D eigenvalue weighted by atomic mass is 10.2. The largest absolute Gasteiger partial charge is 0.421 e. The first-order valence-electron chi connectivity index (χ1n) is 6.00. The van der Waals surface area contributed by atoms with E-state index in [1.54, 1.807) is 30.3 Å². The lowest BCUT2D eigenvalue weighted by Gasteiger charge is -2.07. The minimum atomic E-state index is -0.548. The number of ether oxygens (including phenoxy) is 1. The normalized spacial score (nSPS) is 10.0. The molecule has 0 unspecified atom stereocenters. The molecule has 6 heteroatoms. The second-order valence-electron chi connectivity index (χ2n) is 4.22. The van der Waals surface area contributed by atoms with Gasteiger partial charge in [0.05, 0.1) is 10.6 Å². The van der Waals surface area contributed by atoms with E-state index < -0.39 is 5.97 Å². The minimum absolute atomic E-state index is 0.182. The average Bonchev–Trinajstić information content (AvgIpc) is 2.42. The highest BCUT2D eigenvalue weighted by atomic mass is 35.5. The highest BCUT2D eigenvalue weighted by Crippen LogP contribution is 2.28. The van der Waals surface area contributed by atoms with Crippen LogP contribution in [0.3, 0.4) is 0 Å². The molecule has 0 saturated heterocycles. The summed E-state index contributed by atoms with van der Waals surface area (Å²) in [5.74, 6) is -0.496. The second-order valence-corrected chi connectivity index (χ2v) is 5.07. The van der Waals surface area contributed by atoms with Crippen molar-refractivity contribution in [2.24, 2.45) is 0 Å². The summed E-state index contributed by atoms with van der Waals surface area (Å²) >= 11 is 11.7. The molecule has 0 aliphatic heterocycles. The van der Waals surface area contributed by atoms with Crippen LogP contribution in [0, 0.1) is 0 Å². The molecule has 0 aliphatic rings. The molecule has 0 heterocycles. The van der Waals surface area contributed by atoms with Crippen LogP contribution in [0.4, 0.5) is 5.69 Å². The Balaban J connectivity index is 2.11. The van der Waals surface area contributed by atoms with Gasteiger partial charge < -0.3 is 10.1 Å². The highest BCUT2D eigenvalue weighted by Gasteiger charge is 2.11.